The minimum absolute atomic E-state index is 0.143. The average Bonchev–Trinajstić information content (AvgIpc) is 2.27. The van der Waals surface area contributed by atoms with Gasteiger partial charge < -0.3 is 4.74 Å². The lowest BCUT2D eigenvalue weighted by atomic mass is 9.89. The summed E-state index contributed by atoms with van der Waals surface area (Å²) < 4.78 is 5.35. The quantitative estimate of drug-likeness (QED) is 0.744. The second kappa shape index (κ2) is 4.37. The Hall–Kier alpha value is -1.16. The smallest absolute Gasteiger partial charge is 0.337 e. The predicted molar refractivity (Wildman–Crippen MR) is 62.8 cm³/mol. The molecule has 1 aliphatic carbocycles. The van der Waals surface area contributed by atoms with Gasteiger partial charge in [-0.1, -0.05) is 15.9 Å². The van der Waals surface area contributed by atoms with Crippen molar-refractivity contribution in [2.24, 2.45) is 0 Å². The molecule has 16 heavy (non-hydrogen) atoms. The van der Waals surface area contributed by atoms with E-state index in [9.17, 15) is 9.59 Å². The molecule has 1 aromatic carbocycles. The normalized spacial score (nSPS) is 14.5. The molecule has 84 valence electrons. The Morgan fingerprint density at radius 3 is 2.81 bits per heavy atom. The van der Waals surface area contributed by atoms with Gasteiger partial charge in [0, 0.05) is 16.5 Å². The van der Waals surface area contributed by atoms with Crippen molar-refractivity contribution < 1.29 is 14.3 Å². The summed E-state index contributed by atoms with van der Waals surface area (Å²) in [5, 5.41) is 0. The first kappa shape index (κ1) is 11.3. The van der Waals surface area contributed by atoms with Crippen LogP contribution in [0, 0.1) is 0 Å². The fourth-order valence-electron chi connectivity index (χ4n) is 1.97. The lowest BCUT2D eigenvalue weighted by molar-refractivity contribution is 0.0600. The van der Waals surface area contributed by atoms with Crippen LogP contribution in [0.5, 0.6) is 0 Å². The SMILES string of the molecule is COC(=O)c1cc(Br)c2c(c1)CCCC2=O. The number of carbonyl (C=O) groups is 2. The molecule has 4 heteroatoms. The molecule has 0 aliphatic heterocycles. The van der Waals surface area contributed by atoms with Crippen molar-refractivity contribution in [1.82, 2.24) is 0 Å². The van der Waals surface area contributed by atoms with E-state index in [0.29, 0.717) is 16.5 Å². The first-order valence-corrected chi connectivity index (χ1v) is 5.86. The zero-order chi connectivity index (χ0) is 11.7. The van der Waals surface area contributed by atoms with E-state index in [0.717, 1.165) is 24.0 Å². The molecular formula is C12H11BrO3. The van der Waals surface area contributed by atoms with Gasteiger partial charge in [0.05, 0.1) is 12.7 Å². The molecule has 0 radical (unpaired) electrons. The third kappa shape index (κ3) is 1.89. The number of esters is 1. The second-order valence-electron chi connectivity index (χ2n) is 3.76. The highest BCUT2D eigenvalue weighted by molar-refractivity contribution is 9.10. The summed E-state index contributed by atoms with van der Waals surface area (Å²) in [6, 6.07) is 3.40. The van der Waals surface area contributed by atoms with Crippen LogP contribution in [0.3, 0.4) is 0 Å². The van der Waals surface area contributed by atoms with Crippen LogP contribution in [0.25, 0.3) is 0 Å². The summed E-state index contributed by atoms with van der Waals surface area (Å²) in [6.45, 7) is 0. The van der Waals surface area contributed by atoms with Crippen LogP contribution in [0.1, 0.15) is 39.1 Å². The Morgan fingerprint density at radius 1 is 1.38 bits per heavy atom. The van der Waals surface area contributed by atoms with Crippen LogP contribution in [0.4, 0.5) is 0 Å². The Labute approximate surface area is 102 Å². The molecule has 1 aliphatic rings. The van der Waals surface area contributed by atoms with E-state index >= 15 is 0 Å². The van der Waals surface area contributed by atoms with Gasteiger partial charge in [-0.2, -0.15) is 0 Å². The number of Topliss-reactive ketones (excluding diaryl/α,β-unsaturated/α-hetero) is 1. The zero-order valence-corrected chi connectivity index (χ0v) is 10.5. The van der Waals surface area contributed by atoms with Gasteiger partial charge in [-0.3, -0.25) is 4.79 Å². The molecule has 0 heterocycles. The second-order valence-corrected chi connectivity index (χ2v) is 4.61. The topological polar surface area (TPSA) is 43.4 Å². The molecule has 0 atom stereocenters. The van der Waals surface area contributed by atoms with Gasteiger partial charge in [0.25, 0.3) is 0 Å². The van der Waals surface area contributed by atoms with Crippen molar-refractivity contribution in [2.45, 2.75) is 19.3 Å². The van der Waals surface area contributed by atoms with Gasteiger partial charge in [-0.15, -0.1) is 0 Å². The van der Waals surface area contributed by atoms with E-state index < -0.39 is 0 Å². The number of methoxy groups -OCH3 is 1. The van der Waals surface area contributed by atoms with Gasteiger partial charge >= 0.3 is 5.97 Å². The highest BCUT2D eigenvalue weighted by atomic mass is 79.9. The first-order valence-electron chi connectivity index (χ1n) is 5.07. The number of fused-ring (bicyclic) bond motifs is 1. The van der Waals surface area contributed by atoms with Crippen molar-refractivity contribution in [2.75, 3.05) is 7.11 Å². The number of aryl methyl sites for hydroxylation is 1. The fraction of sp³-hybridized carbons (Fsp3) is 0.333. The van der Waals surface area contributed by atoms with Crippen molar-refractivity contribution >= 4 is 27.7 Å². The van der Waals surface area contributed by atoms with Crippen LogP contribution in [-0.4, -0.2) is 18.9 Å². The number of carbonyl (C=O) groups excluding carboxylic acids is 2. The molecular weight excluding hydrogens is 272 g/mol. The molecule has 0 aromatic heterocycles. The summed E-state index contributed by atoms with van der Waals surface area (Å²) in [6.07, 6.45) is 2.27. The minimum Gasteiger partial charge on any atom is -0.465 e. The Morgan fingerprint density at radius 2 is 2.12 bits per heavy atom. The highest BCUT2D eigenvalue weighted by Gasteiger charge is 2.22. The molecule has 0 N–H and O–H groups in total. The Balaban J connectivity index is 2.53. The summed E-state index contributed by atoms with van der Waals surface area (Å²) in [5.74, 6) is -0.230. The number of ether oxygens (including phenoxy) is 1. The monoisotopic (exact) mass is 282 g/mol. The third-order valence-corrected chi connectivity index (χ3v) is 3.35. The molecule has 0 unspecified atom stereocenters. The Kier molecular flexibility index (Phi) is 3.10. The number of ketones is 1. The zero-order valence-electron chi connectivity index (χ0n) is 8.88. The average molecular weight is 283 g/mol. The predicted octanol–water partition coefficient (Wildman–Crippen LogP) is 2.75. The van der Waals surface area contributed by atoms with E-state index in [1.54, 1.807) is 12.1 Å². The number of hydrogen-bond acceptors (Lipinski definition) is 3. The maximum atomic E-state index is 11.7. The van der Waals surface area contributed by atoms with Crippen LogP contribution < -0.4 is 0 Å². The lowest BCUT2D eigenvalue weighted by Crippen LogP contribution is -2.13. The summed E-state index contributed by atoms with van der Waals surface area (Å²) in [5.41, 5.74) is 2.15. The standard InChI is InChI=1S/C12H11BrO3/c1-16-12(15)8-5-7-3-2-4-10(14)11(7)9(13)6-8/h5-6H,2-4H2,1H3. The molecule has 0 fully saturated rings. The summed E-state index contributed by atoms with van der Waals surface area (Å²) in [4.78, 5) is 23.1. The van der Waals surface area contributed by atoms with Gasteiger partial charge in [-0.25, -0.2) is 4.79 Å². The van der Waals surface area contributed by atoms with Crippen LogP contribution in [0.15, 0.2) is 16.6 Å². The molecule has 0 saturated heterocycles. The number of rotatable bonds is 1. The first-order chi connectivity index (χ1) is 7.63. The van der Waals surface area contributed by atoms with E-state index in [4.69, 9.17) is 0 Å². The fourth-order valence-corrected chi connectivity index (χ4v) is 2.70. The number of benzene rings is 1. The van der Waals surface area contributed by atoms with E-state index in [-0.39, 0.29) is 11.8 Å². The number of hydrogen-bond donors (Lipinski definition) is 0. The van der Waals surface area contributed by atoms with Gasteiger partial charge in [0.2, 0.25) is 0 Å². The summed E-state index contributed by atoms with van der Waals surface area (Å²) in [7, 11) is 1.35. The largest absolute Gasteiger partial charge is 0.465 e. The van der Waals surface area contributed by atoms with Crippen molar-refractivity contribution in [3.63, 3.8) is 0 Å². The van der Waals surface area contributed by atoms with E-state index in [1.807, 2.05) is 0 Å². The molecule has 0 spiro atoms. The van der Waals surface area contributed by atoms with Crippen LogP contribution in [-0.2, 0) is 11.2 Å². The van der Waals surface area contributed by atoms with Crippen LogP contribution in [0.2, 0.25) is 0 Å². The maximum Gasteiger partial charge on any atom is 0.337 e. The van der Waals surface area contributed by atoms with Gasteiger partial charge in [0.1, 0.15) is 0 Å². The van der Waals surface area contributed by atoms with Crippen molar-refractivity contribution in [3.05, 3.63) is 33.3 Å². The van der Waals surface area contributed by atoms with Crippen LogP contribution >= 0.6 is 15.9 Å². The van der Waals surface area contributed by atoms with E-state index in [2.05, 4.69) is 20.7 Å². The molecule has 0 bridgehead atoms. The Bertz CT molecular complexity index is 466. The number of halogens is 1. The van der Waals surface area contributed by atoms with Crippen molar-refractivity contribution in [1.29, 1.82) is 0 Å². The van der Waals surface area contributed by atoms with Gasteiger partial charge in [-0.05, 0) is 30.5 Å². The molecule has 0 amide bonds. The van der Waals surface area contributed by atoms with Crippen molar-refractivity contribution in [3.8, 4) is 0 Å². The summed E-state index contributed by atoms with van der Waals surface area (Å²) >= 11 is 3.34. The molecule has 3 nitrogen and oxygen atoms in total. The van der Waals surface area contributed by atoms with E-state index in [1.165, 1.54) is 7.11 Å². The lowest BCUT2D eigenvalue weighted by Gasteiger charge is -2.17. The molecule has 1 aromatic rings. The maximum absolute atomic E-state index is 11.7. The molecule has 2 rings (SSSR count). The van der Waals surface area contributed by atoms with Gasteiger partial charge in [0.15, 0.2) is 5.78 Å². The minimum atomic E-state index is -0.374. The molecule has 0 saturated carbocycles. The third-order valence-electron chi connectivity index (χ3n) is 2.72. The highest BCUT2D eigenvalue weighted by Crippen LogP contribution is 2.29.